The Morgan fingerprint density at radius 3 is 2.59 bits per heavy atom. The van der Waals surface area contributed by atoms with Crippen molar-refractivity contribution < 1.29 is 18.7 Å². The van der Waals surface area contributed by atoms with Crippen LogP contribution in [0.1, 0.15) is 16.7 Å². The summed E-state index contributed by atoms with van der Waals surface area (Å²) < 4.78 is 24.3. The van der Waals surface area contributed by atoms with Gasteiger partial charge < -0.3 is 9.47 Å². The average Bonchev–Trinajstić information content (AvgIpc) is 3.09. The fourth-order valence-corrected chi connectivity index (χ4v) is 2.94. The molecule has 0 bridgehead atoms. The molecule has 0 fully saturated rings. The predicted octanol–water partition coefficient (Wildman–Crippen LogP) is 5.40. The summed E-state index contributed by atoms with van der Waals surface area (Å²) in [7, 11) is 0. The third-order valence-corrected chi connectivity index (χ3v) is 4.60. The summed E-state index contributed by atoms with van der Waals surface area (Å²) in [6.07, 6.45) is 1.60. The van der Waals surface area contributed by atoms with Gasteiger partial charge in [0.1, 0.15) is 18.2 Å². The summed E-state index contributed by atoms with van der Waals surface area (Å²) in [6.45, 7) is 0.355. The van der Waals surface area contributed by atoms with Crippen LogP contribution in [0.2, 0.25) is 5.02 Å². The first-order valence-electron chi connectivity index (χ1n) is 8.83. The fourth-order valence-electron chi connectivity index (χ4n) is 2.75. The Bertz CT molecular complexity index is 1120. The molecule has 0 unspecified atom stereocenters. The molecule has 0 atom stereocenters. The van der Waals surface area contributed by atoms with E-state index in [1.165, 1.54) is 18.2 Å². The van der Waals surface area contributed by atoms with Gasteiger partial charge in [-0.2, -0.15) is 0 Å². The number of halogens is 2. The van der Waals surface area contributed by atoms with Crippen molar-refractivity contribution in [3.8, 4) is 5.75 Å². The molecule has 4 nitrogen and oxygen atoms in total. The Hall–Kier alpha value is -3.44. The lowest BCUT2D eigenvalue weighted by Gasteiger charge is -2.07. The molecular weight excluding hydrogens is 393 g/mol. The predicted molar refractivity (Wildman–Crippen MR) is 109 cm³/mol. The van der Waals surface area contributed by atoms with E-state index in [4.69, 9.17) is 21.1 Å². The van der Waals surface area contributed by atoms with E-state index in [0.717, 1.165) is 11.1 Å². The fraction of sp³-hybridized carbons (Fsp3) is 0.0435. The van der Waals surface area contributed by atoms with Crippen LogP contribution in [0.15, 0.2) is 83.5 Å². The van der Waals surface area contributed by atoms with Crippen LogP contribution in [0.4, 0.5) is 4.39 Å². The third kappa shape index (κ3) is 4.52. The summed E-state index contributed by atoms with van der Waals surface area (Å²) >= 11 is 6.12. The number of esters is 1. The van der Waals surface area contributed by atoms with Crippen LogP contribution in [0, 0.1) is 5.82 Å². The smallest absolute Gasteiger partial charge is 0.363 e. The number of nitrogens with zero attached hydrogens (tertiary/aromatic N) is 1. The maximum Gasteiger partial charge on any atom is 0.363 e. The Morgan fingerprint density at radius 2 is 1.83 bits per heavy atom. The molecule has 0 aromatic heterocycles. The van der Waals surface area contributed by atoms with Crippen LogP contribution in [0.3, 0.4) is 0 Å². The van der Waals surface area contributed by atoms with Crippen molar-refractivity contribution in [1.29, 1.82) is 0 Å². The Labute approximate surface area is 171 Å². The van der Waals surface area contributed by atoms with E-state index in [2.05, 4.69) is 4.99 Å². The van der Waals surface area contributed by atoms with Crippen molar-refractivity contribution in [2.45, 2.75) is 6.61 Å². The highest BCUT2D eigenvalue weighted by atomic mass is 35.5. The van der Waals surface area contributed by atoms with Crippen molar-refractivity contribution in [3.63, 3.8) is 0 Å². The first kappa shape index (κ1) is 18.9. The lowest BCUT2D eigenvalue weighted by Crippen LogP contribution is -2.05. The minimum Gasteiger partial charge on any atom is -0.489 e. The molecule has 0 radical (unpaired) electrons. The summed E-state index contributed by atoms with van der Waals surface area (Å²) in [6, 6.07) is 20.4. The molecule has 0 aliphatic carbocycles. The van der Waals surface area contributed by atoms with Gasteiger partial charge in [0.15, 0.2) is 5.70 Å². The summed E-state index contributed by atoms with van der Waals surface area (Å²) in [5.74, 6) is -0.250. The van der Waals surface area contributed by atoms with Crippen molar-refractivity contribution in [1.82, 2.24) is 0 Å². The molecule has 0 amide bonds. The number of benzene rings is 3. The molecule has 0 saturated heterocycles. The third-order valence-electron chi connectivity index (χ3n) is 4.23. The highest BCUT2D eigenvalue weighted by Gasteiger charge is 2.24. The highest BCUT2D eigenvalue weighted by molar-refractivity contribution is 6.31. The van der Waals surface area contributed by atoms with Gasteiger partial charge in [-0.25, -0.2) is 14.2 Å². The van der Waals surface area contributed by atoms with Crippen LogP contribution in [0.5, 0.6) is 5.75 Å². The molecule has 0 N–H and O–H groups in total. The number of aliphatic imine (C=N–C) groups is 1. The molecule has 1 heterocycles. The van der Waals surface area contributed by atoms with Crippen molar-refractivity contribution in [3.05, 3.63) is 106 Å². The van der Waals surface area contributed by atoms with Gasteiger partial charge in [0.2, 0.25) is 5.90 Å². The summed E-state index contributed by atoms with van der Waals surface area (Å²) in [4.78, 5) is 16.2. The Kier molecular flexibility index (Phi) is 5.40. The van der Waals surface area contributed by atoms with Crippen LogP contribution in [-0.2, 0) is 16.1 Å². The quantitative estimate of drug-likeness (QED) is 0.420. The average molecular weight is 408 g/mol. The second-order valence-electron chi connectivity index (χ2n) is 6.30. The van der Waals surface area contributed by atoms with Crippen LogP contribution in [-0.4, -0.2) is 11.9 Å². The number of ether oxygens (including phenoxy) is 2. The second-order valence-corrected chi connectivity index (χ2v) is 6.70. The molecule has 3 aromatic rings. The largest absolute Gasteiger partial charge is 0.489 e. The van der Waals surface area contributed by atoms with Gasteiger partial charge >= 0.3 is 5.97 Å². The second kappa shape index (κ2) is 8.29. The molecule has 1 aliphatic heterocycles. The van der Waals surface area contributed by atoms with E-state index in [-0.39, 0.29) is 11.6 Å². The lowest BCUT2D eigenvalue weighted by atomic mass is 10.2. The minimum absolute atomic E-state index is 0.0837. The molecule has 144 valence electrons. The van der Waals surface area contributed by atoms with E-state index in [9.17, 15) is 9.18 Å². The SMILES string of the molecule is O=C1OC(c2cccc(F)c2)=N/C1=C\c1ccc(OCc2ccccc2Cl)cc1. The van der Waals surface area contributed by atoms with E-state index in [1.54, 1.807) is 36.4 Å². The maximum atomic E-state index is 13.4. The summed E-state index contributed by atoms with van der Waals surface area (Å²) in [5, 5.41) is 0.653. The highest BCUT2D eigenvalue weighted by Crippen LogP contribution is 2.22. The van der Waals surface area contributed by atoms with Gasteiger partial charge in [0.05, 0.1) is 0 Å². The van der Waals surface area contributed by atoms with Crippen LogP contribution < -0.4 is 4.74 Å². The number of carbonyl (C=O) groups excluding carboxylic acids is 1. The molecule has 6 heteroatoms. The minimum atomic E-state index is -0.580. The maximum absolute atomic E-state index is 13.4. The zero-order valence-corrected chi connectivity index (χ0v) is 15.9. The molecule has 29 heavy (non-hydrogen) atoms. The molecule has 1 aliphatic rings. The number of cyclic esters (lactones) is 1. The van der Waals surface area contributed by atoms with Crippen LogP contribution in [0.25, 0.3) is 6.08 Å². The van der Waals surface area contributed by atoms with Gasteiger partial charge in [0, 0.05) is 16.1 Å². The number of carbonyl (C=O) groups is 1. The van der Waals surface area contributed by atoms with Gasteiger partial charge in [-0.1, -0.05) is 48.0 Å². The first-order valence-corrected chi connectivity index (χ1v) is 9.21. The molecular formula is C23H15ClFNO3. The van der Waals surface area contributed by atoms with E-state index < -0.39 is 11.8 Å². The van der Waals surface area contributed by atoms with Gasteiger partial charge in [-0.15, -0.1) is 0 Å². The normalized spacial score (nSPS) is 14.6. The number of hydrogen-bond donors (Lipinski definition) is 0. The monoisotopic (exact) mass is 407 g/mol. The number of hydrogen-bond acceptors (Lipinski definition) is 4. The Balaban J connectivity index is 1.47. The molecule has 0 saturated carbocycles. The molecule has 3 aromatic carbocycles. The van der Waals surface area contributed by atoms with Gasteiger partial charge in [-0.05, 0) is 48.0 Å². The Morgan fingerprint density at radius 1 is 1.03 bits per heavy atom. The zero-order chi connectivity index (χ0) is 20.2. The first-order chi connectivity index (χ1) is 14.1. The van der Waals surface area contributed by atoms with Crippen molar-refractivity contribution in [2.24, 2.45) is 4.99 Å². The van der Waals surface area contributed by atoms with Gasteiger partial charge in [0.25, 0.3) is 0 Å². The van der Waals surface area contributed by atoms with Crippen LogP contribution >= 0.6 is 11.6 Å². The molecule has 4 rings (SSSR count). The number of rotatable bonds is 5. The lowest BCUT2D eigenvalue weighted by molar-refractivity contribution is -0.129. The van der Waals surface area contributed by atoms with E-state index in [0.29, 0.717) is 22.9 Å². The standard InChI is InChI=1S/C23H15ClFNO3/c24-20-7-2-1-4-17(20)14-28-19-10-8-15(9-11-19)12-21-23(27)29-22(26-21)16-5-3-6-18(25)13-16/h1-13H,14H2/b21-12-. The van der Waals surface area contributed by atoms with E-state index in [1.807, 2.05) is 24.3 Å². The topological polar surface area (TPSA) is 47.9 Å². The van der Waals surface area contributed by atoms with Crippen molar-refractivity contribution in [2.75, 3.05) is 0 Å². The zero-order valence-electron chi connectivity index (χ0n) is 15.1. The van der Waals surface area contributed by atoms with Gasteiger partial charge in [-0.3, -0.25) is 0 Å². The van der Waals surface area contributed by atoms with Crippen molar-refractivity contribution >= 4 is 29.5 Å². The van der Waals surface area contributed by atoms with E-state index >= 15 is 0 Å². The summed E-state index contributed by atoms with van der Waals surface area (Å²) in [5.41, 5.74) is 2.21. The molecule has 0 spiro atoms.